The minimum absolute atomic E-state index is 1.08. The highest BCUT2D eigenvalue weighted by atomic mass is 32.2. The first-order chi connectivity index (χ1) is 21.2. The zero-order valence-corrected chi connectivity index (χ0v) is 25.7. The first-order valence-corrected chi connectivity index (χ1v) is 16.8. The normalized spacial score (nSPS) is 13.6. The lowest BCUT2D eigenvalue weighted by Crippen LogP contribution is -2.42. The van der Waals surface area contributed by atoms with E-state index in [2.05, 4.69) is 146 Å². The summed E-state index contributed by atoms with van der Waals surface area (Å²) in [7, 11) is 2.40. The van der Waals surface area contributed by atoms with E-state index in [-0.39, 0.29) is 0 Å². The lowest BCUT2D eigenvalue weighted by atomic mass is 9.58. The van der Waals surface area contributed by atoms with Crippen molar-refractivity contribution in [3.8, 4) is 11.1 Å². The summed E-state index contributed by atoms with van der Waals surface area (Å²) in [6.45, 7) is 2.22. The summed E-state index contributed by atoms with van der Waals surface area (Å²) in [6.07, 6.45) is 0. The predicted octanol–water partition coefficient (Wildman–Crippen LogP) is 9.92. The molecule has 0 atom stereocenters. The van der Waals surface area contributed by atoms with Gasteiger partial charge in [0.25, 0.3) is 0 Å². The smallest absolute Gasteiger partial charge is 0.197 e. The molecule has 6 heteroatoms. The maximum Gasteiger partial charge on any atom is 0.197 e. The molecule has 1 radical (unpaired) electrons. The van der Waals surface area contributed by atoms with E-state index in [9.17, 15) is 0 Å². The average molecular weight is 604 g/mol. The minimum atomic E-state index is 1.08. The van der Waals surface area contributed by atoms with Crippen LogP contribution < -0.4 is 21.1 Å². The molecule has 43 heavy (non-hydrogen) atoms. The van der Waals surface area contributed by atoms with Crippen LogP contribution in [0.3, 0.4) is 0 Å². The van der Waals surface area contributed by atoms with Gasteiger partial charge in [-0.3, -0.25) is 0 Å². The molecule has 2 nitrogen and oxygen atoms in total. The fourth-order valence-corrected chi connectivity index (χ4v) is 9.64. The molecule has 0 spiro atoms. The van der Waals surface area contributed by atoms with Gasteiger partial charge in [0.05, 0.1) is 11.4 Å². The Kier molecular flexibility index (Phi) is 5.97. The van der Waals surface area contributed by atoms with Crippen molar-refractivity contribution in [1.29, 1.82) is 0 Å². The molecule has 0 bridgehead atoms. The van der Waals surface area contributed by atoms with E-state index in [0.717, 1.165) is 11.4 Å². The first-order valence-electron chi connectivity index (χ1n) is 14.3. The van der Waals surface area contributed by atoms with Crippen LogP contribution >= 0.6 is 35.3 Å². The third-order valence-electron chi connectivity index (χ3n) is 8.14. The second-order valence-corrected chi connectivity index (χ2v) is 14.2. The molecular weight excluding hydrogens is 579 g/mol. The van der Waals surface area contributed by atoms with Crippen LogP contribution in [0, 0.1) is 6.92 Å². The van der Waals surface area contributed by atoms with Crippen LogP contribution in [-0.4, -0.2) is 7.28 Å². The molecule has 0 fully saturated rings. The summed E-state index contributed by atoms with van der Waals surface area (Å²) in [6, 6.07) is 44.2. The quantitative estimate of drug-likeness (QED) is 0.202. The van der Waals surface area contributed by atoms with Crippen molar-refractivity contribution < 1.29 is 0 Å². The number of nitrogens with zero attached hydrogens (tertiary/aromatic N) is 1. The fraction of sp³-hybridized carbons (Fsp3) is 0.0270. The molecular formula is C37H24BN2S3. The topological polar surface area (TPSA) is 15.3 Å². The SMILES string of the molecule is Cc1cc(-c2cc3c(cc2Nc2ccccc2)Sc2ccccc2S3)c2c(c1)N1c3ccccc3Sc3cccc(c31)[B]2. The van der Waals surface area contributed by atoms with Crippen molar-refractivity contribution in [3.63, 3.8) is 0 Å². The number of aryl methyl sites for hydroxylation is 1. The number of rotatable bonds is 3. The molecule has 0 amide bonds. The number of para-hydroxylation sites is 3. The molecule has 6 aromatic rings. The summed E-state index contributed by atoms with van der Waals surface area (Å²) >= 11 is 5.60. The van der Waals surface area contributed by atoms with Crippen molar-refractivity contribution in [2.24, 2.45) is 0 Å². The monoisotopic (exact) mass is 603 g/mol. The van der Waals surface area contributed by atoms with Crippen molar-refractivity contribution in [2.75, 3.05) is 10.2 Å². The Bertz CT molecular complexity index is 2090. The Hall–Kier alpha value is -3.97. The molecule has 0 unspecified atom stereocenters. The summed E-state index contributed by atoms with van der Waals surface area (Å²) in [4.78, 5) is 10.3. The van der Waals surface area contributed by atoms with Crippen molar-refractivity contribution in [3.05, 3.63) is 127 Å². The van der Waals surface area contributed by atoms with E-state index in [4.69, 9.17) is 0 Å². The van der Waals surface area contributed by atoms with E-state index in [1.165, 1.54) is 74.1 Å². The van der Waals surface area contributed by atoms with Gasteiger partial charge in [-0.05, 0) is 84.2 Å². The van der Waals surface area contributed by atoms with Crippen LogP contribution in [0.2, 0.25) is 0 Å². The lowest BCUT2D eigenvalue weighted by molar-refractivity contribution is 1.16. The first kappa shape index (κ1) is 25.5. The van der Waals surface area contributed by atoms with Gasteiger partial charge in [0.1, 0.15) is 0 Å². The van der Waals surface area contributed by atoms with Gasteiger partial charge in [-0.15, -0.1) is 0 Å². The molecule has 9 rings (SSSR count). The molecule has 1 N–H and O–H groups in total. The Labute approximate surface area is 265 Å². The van der Waals surface area contributed by atoms with Crippen LogP contribution in [0.4, 0.5) is 28.4 Å². The van der Waals surface area contributed by atoms with E-state index in [1.54, 1.807) is 0 Å². The molecule has 3 heterocycles. The van der Waals surface area contributed by atoms with Crippen molar-refractivity contribution in [2.45, 2.75) is 36.3 Å². The summed E-state index contributed by atoms with van der Waals surface area (Å²) in [5.74, 6) is 0. The standard InChI is InChI=1S/C37H24BN2S3/c1-22-18-25(36-29(19-22)40-28-13-5-6-14-30(28)41-33-17-9-12-26(38-36)37(33)40)24-20-34-35(43-32-16-8-7-15-31(32)42-34)21-27(24)39-23-10-3-2-4-11-23/h2-21,39H,1H3. The maximum absolute atomic E-state index is 3.80. The number of nitrogens with one attached hydrogen (secondary N) is 1. The number of anilines is 5. The zero-order valence-electron chi connectivity index (χ0n) is 23.3. The largest absolute Gasteiger partial charge is 0.355 e. The minimum Gasteiger partial charge on any atom is -0.355 e. The van der Waals surface area contributed by atoms with Gasteiger partial charge < -0.3 is 10.2 Å². The van der Waals surface area contributed by atoms with Gasteiger partial charge in [-0.25, -0.2) is 0 Å². The van der Waals surface area contributed by atoms with Crippen molar-refractivity contribution in [1.82, 2.24) is 0 Å². The van der Waals surface area contributed by atoms with Crippen LogP contribution in [0.1, 0.15) is 5.56 Å². The molecule has 0 aromatic heterocycles. The Morgan fingerprint density at radius 3 is 2.05 bits per heavy atom. The van der Waals surface area contributed by atoms with Gasteiger partial charge >= 0.3 is 0 Å². The number of fused-ring (bicyclic) bond motifs is 6. The number of hydrogen-bond acceptors (Lipinski definition) is 5. The highest BCUT2D eigenvalue weighted by Gasteiger charge is 2.34. The van der Waals surface area contributed by atoms with Crippen LogP contribution in [0.15, 0.2) is 151 Å². The third-order valence-corrected chi connectivity index (χ3v) is 11.8. The lowest BCUT2D eigenvalue weighted by Gasteiger charge is -2.40. The van der Waals surface area contributed by atoms with Gasteiger partial charge in [0.15, 0.2) is 7.28 Å². The van der Waals surface area contributed by atoms with Gasteiger partial charge in [0.2, 0.25) is 0 Å². The molecule has 203 valence electrons. The van der Waals surface area contributed by atoms with Gasteiger partial charge in [-0.1, -0.05) is 101 Å². The summed E-state index contributed by atoms with van der Waals surface area (Å²) in [5, 5.41) is 3.80. The van der Waals surface area contributed by atoms with E-state index < -0.39 is 0 Å². The molecule has 0 saturated carbocycles. The average Bonchev–Trinajstić information content (AvgIpc) is 3.04. The predicted molar refractivity (Wildman–Crippen MR) is 185 cm³/mol. The van der Waals surface area contributed by atoms with Gasteiger partial charge in [0, 0.05) is 52.0 Å². The van der Waals surface area contributed by atoms with E-state index >= 15 is 0 Å². The molecule has 0 aliphatic carbocycles. The Balaban J connectivity index is 1.27. The summed E-state index contributed by atoms with van der Waals surface area (Å²) < 4.78 is 0. The molecule has 3 aliphatic heterocycles. The Morgan fingerprint density at radius 2 is 1.23 bits per heavy atom. The number of hydrogen-bond donors (Lipinski definition) is 1. The highest BCUT2D eigenvalue weighted by Crippen LogP contribution is 2.53. The van der Waals surface area contributed by atoms with Crippen LogP contribution in [-0.2, 0) is 0 Å². The zero-order chi connectivity index (χ0) is 28.5. The van der Waals surface area contributed by atoms with Crippen LogP contribution in [0.25, 0.3) is 11.1 Å². The summed E-state index contributed by atoms with van der Waals surface area (Å²) in [5.41, 5.74) is 12.2. The van der Waals surface area contributed by atoms with E-state index in [1.807, 2.05) is 35.3 Å². The maximum atomic E-state index is 3.80. The molecule has 6 aromatic carbocycles. The van der Waals surface area contributed by atoms with E-state index in [0.29, 0.717) is 0 Å². The highest BCUT2D eigenvalue weighted by molar-refractivity contribution is 8.05. The van der Waals surface area contributed by atoms with Crippen molar-refractivity contribution >= 4 is 81.9 Å². The van der Waals surface area contributed by atoms with Crippen LogP contribution in [0.5, 0.6) is 0 Å². The molecule has 3 aliphatic rings. The third kappa shape index (κ3) is 4.23. The Morgan fingerprint density at radius 1 is 0.558 bits per heavy atom. The second-order valence-electron chi connectivity index (χ2n) is 11.0. The van der Waals surface area contributed by atoms with Gasteiger partial charge in [-0.2, -0.15) is 0 Å². The number of benzene rings is 6. The fourth-order valence-electron chi connectivity index (χ4n) is 6.27. The second kappa shape index (κ2) is 10.1. The molecule has 0 saturated heterocycles.